The standard InChI is InChI=1S/C14H19FN2O3/c1-14(2)8-17(4-5-20-14)13(18)9-6-12(19-3)11(16)7-10(9)15/h6-7H,4-5,8,16H2,1-3H3. The Morgan fingerprint density at radius 1 is 1.50 bits per heavy atom. The van der Waals surface area contributed by atoms with E-state index >= 15 is 0 Å². The molecule has 1 heterocycles. The summed E-state index contributed by atoms with van der Waals surface area (Å²) in [4.78, 5) is 14.0. The normalized spacial score (nSPS) is 17.9. The molecule has 2 N–H and O–H groups in total. The van der Waals surface area contributed by atoms with Gasteiger partial charge in [0, 0.05) is 19.2 Å². The first-order valence-electron chi connectivity index (χ1n) is 6.40. The highest BCUT2D eigenvalue weighted by Gasteiger charge is 2.31. The van der Waals surface area contributed by atoms with E-state index in [9.17, 15) is 9.18 Å². The van der Waals surface area contributed by atoms with E-state index in [0.29, 0.717) is 25.4 Å². The summed E-state index contributed by atoms with van der Waals surface area (Å²) in [6, 6.07) is 2.45. The van der Waals surface area contributed by atoms with Gasteiger partial charge in [-0.15, -0.1) is 0 Å². The third-order valence-corrected chi connectivity index (χ3v) is 3.26. The number of amides is 1. The maximum atomic E-state index is 14.0. The number of anilines is 1. The second-order valence-electron chi connectivity index (χ2n) is 5.41. The number of nitrogens with two attached hydrogens (primary N) is 1. The first-order chi connectivity index (χ1) is 9.34. The molecule has 2 rings (SSSR count). The van der Waals surface area contributed by atoms with E-state index in [1.165, 1.54) is 13.2 Å². The second-order valence-corrected chi connectivity index (χ2v) is 5.41. The van der Waals surface area contributed by atoms with Crippen LogP contribution in [0.1, 0.15) is 24.2 Å². The first kappa shape index (κ1) is 14.6. The summed E-state index contributed by atoms with van der Waals surface area (Å²) < 4.78 is 24.5. The zero-order valence-corrected chi connectivity index (χ0v) is 11.9. The fourth-order valence-corrected chi connectivity index (χ4v) is 2.27. The van der Waals surface area contributed by atoms with Gasteiger partial charge in [-0.3, -0.25) is 4.79 Å². The fourth-order valence-electron chi connectivity index (χ4n) is 2.27. The van der Waals surface area contributed by atoms with Gasteiger partial charge in [-0.1, -0.05) is 0 Å². The van der Waals surface area contributed by atoms with Crippen molar-refractivity contribution < 1.29 is 18.7 Å². The molecule has 1 saturated heterocycles. The van der Waals surface area contributed by atoms with Crippen molar-refractivity contribution in [2.75, 3.05) is 32.5 Å². The van der Waals surface area contributed by atoms with Gasteiger partial charge in [-0.25, -0.2) is 4.39 Å². The van der Waals surface area contributed by atoms with E-state index in [0.717, 1.165) is 6.07 Å². The molecule has 0 aliphatic carbocycles. The van der Waals surface area contributed by atoms with Crippen molar-refractivity contribution in [1.82, 2.24) is 4.90 Å². The SMILES string of the molecule is COc1cc(C(=O)N2CCOC(C)(C)C2)c(F)cc1N. The molecule has 0 unspecified atom stereocenters. The molecule has 0 saturated carbocycles. The van der Waals surface area contributed by atoms with Gasteiger partial charge in [0.25, 0.3) is 5.91 Å². The lowest BCUT2D eigenvalue weighted by atomic mass is 10.1. The van der Waals surface area contributed by atoms with E-state index in [2.05, 4.69) is 0 Å². The number of carbonyl (C=O) groups is 1. The van der Waals surface area contributed by atoms with Crippen molar-refractivity contribution in [3.63, 3.8) is 0 Å². The van der Waals surface area contributed by atoms with Crippen LogP contribution in [-0.4, -0.2) is 43.2 Å². The van der Waals surface area contributed by atoms with Gasteiger partial charge in [-0.2, -0.15) is 0 Å². The van der Waals surface area contributed by atoms with E-state index < -0.39 is 11.4 Å². The lowest BCUT2D eigenvalue weighted by molar-refractivity contribution is -0.0764. The molecular weight excluding hydrogens is 263 g/mol. The molecule has 1 fully saturated rings. The summed E-state index contributed by atoms with van der Waals surface area (Å²) in [5.74, 6) is -0.725. The predicted molar refractivity (Wildman–Crippen MR) is 73.3 cm³/mol. The Labute approximate surface area is 117 Å². The largest absolute Gasteiger partial charge is 0.495 e. The molecule has 0 bridgehead atoms. The molecule has 0 spiro atoms. The van der Waals surface area contributed by atoms with Crippen molar-refractivity contribution in [3.8, 4) is 5.75 Å². The molecular formula is C14H19FN2O3. The van der Waals surface area contributed by atoms with Gasteiger partial charge in [0.15, 0.2) is 0 Å². The molecule has 1 aliphatic rings. The highest BCUT2D eigenvalue weighted by atomic mass is 19.1. The summed E-state index contributed by atoms with van der Waals surface area (Å²) in [7, 11) is 1.43. The zero-order chi connectivity index (χ0) is 14.9. The van der Waals surface area contributed by atoms with E-state index in [4.69, 9.17) is 15.2 Å². The number of rotatable bonds is 2. The minimum atomic E-state index is -0.641. The number of nitrogens with zero attached hydrogens (tertiary/aromatic N) is 1. The van der Waals surface area contributed by atoms with Crippen LogP contribution in [0.2, 0.25) is 0 Å². The number of morpholine rings is 1. The molecule has 0 aromatic heterocycles. The topological polar surface area (TPSA) is 64.8 Å². The van der Waals surface area contributed by atoms with Crippen molar-refractivity contribution in [2.24, 2.45) is 0 Å². The third-order valence-electron chi connectivity index (χ3n) is 3.26. The summed E-state index contributed by atoms with van der Waals surface area (Å²) in [5, 5.41) is 0. The van der Waals surface area contributed by atoms with Crippen molar-refractivity contribution in [3.05, 3.63) is 23.5 Å². The highest BCUT2D eigenvalue weighted by molar-refractivity contribution is 5.95. The van der Waals surface area contributed by atoms with Crippen molar-refractivity contribution >= 4 is 11.6 Å². The van der Waals surface area contributed by atoms with Crippen LogP contribution in [0.15, 0.2) is 12.1 Å². The maximum Gasteiger partial charge on any atom is 0.257 e. The van der Waals surface area contributed by atoms with Crippen LogP contribution in [0.4, 0.5) is 10.1 Å². The van der Waals surface area contributed by atoms with Gasteiger partial charge in [0.05, 0.1) is 30.6 Å². The molecule has 5 nitrogen and oxygen atoms in total. The third kappa shape index (κ3) is 2.85. The number of carbonyl (C=O) groups excluding carboxylic acids is 1. The Morgan fingerprint density at radius 2 is 2.20 bits per heavy atom. The molecule has 1 aliphatic heterocycles. The van der Waals surface area contributed by atoms with Crippen LogP contribution in [0.3, 0.4) is 0 Å². The van der Waals surface area contributed by atoms with Crippen molar-refractivity contribution in [1.29, 1.82) is 0 Å². The van der Waals surface area contributed by atoms with Crippen LogP contribution in [0.25, 0.3) is 0 Å². The Kier molecular flexibility index (Phi) is 3.85. The van der Waals surface area contributed by atoms with Gasteiger partial charge in [0.1, 0.15) is 11.6 Å². The maximum absolute atomic E-state index is 14.0. The minimum absolute atomic E-state index is 0.0336. The smallest absolute Gasteiger partial charge is 0.257 e. The molecule has 1 aromatic carbocycles. The quantitative estimate of drug-likeness (QED) is 0.838. The van der Waals surface area contributed by atoms with Crippen LogP contribution < -0.4 is 10.5 Å². The number of ether oxygens (including phenoxy) is 2. The van der Waals surface area contributed by atoms with Gasteiger partial charge >= 0.3 is 0 Å². The predicted octanol–water partition coefficient (Wildman–Crippen LogP) is 1.67. The molecule has 0 atom stereocenters. The van der Waals surface area contributed by atoms with Crippen molar-refractivity contribution in [2.45, 2.75) is 19.4 Å². The van der Waals surface area contributed by atoms with Crippen LogP contribution in [-0.2, 0) is 4.74 Å². The second kappa shape index (κ2) is 5.28. The molecule has 110 valence electrons. The van der Waals surface area contributed by atoms with E-state index in [1.54, 1.807) is 4.90 Å². The van der Waals surface area contributed by atoms with Gasteiger partial charge < -0.3 is 20.1 Å². The van der Waals surface area contributed by atoms with E-state index in [1.807, 2.05) is 13.8 Å². The number of nitrogen functional groups attached to an aromatic ring is 1. The Bertz CT molecular complexity index is 531. The number of methoxy groups -OCH3 is 1. The summed E-state index contributed by atoms with van der Waals surface area (Å²) >= 11 is 0. The molecule has 1 amide bonds. The fraction of sp³-hybridized carbons (Fsp3) is 0.500. The number of hydrogen-bond donors (Lipinski definition) is 1. The molecule has 6 heteroatoms. The number of hydrogen-bond acceptors (Lipinski definition) is 4. The highest BCUT2D eigenvalue weighted by Crippen LogP contribution is 2.27. The first-order valence-corrected chi connectivity index (χ1v) is 6.40. The van der Waals surface area contributed by atoms with Crippen LogP contribution in [0.5, 0.6) is 5.75 Å². The monoisotopic (exact) mass is 282 g/mol. The molecule has 1 aromatic rings. The minimum Gasteiger partial charge on any atom is -0.495 e. The van der Waals surface area contributed by atoms with Crippen LogP contribution in [0, 0.1) is 5.82 Å². The lowest BCUT2D eigenvalue weighted by Gasteiger charge is -2.38. The number of benzene rings is 1. The molecule has 20 heavy (non-hydrogen) atoms. The summed E-state index contributed by atoms with van der Waals surface area (Å²) in [5.41, 5.74) is 5.32. The summed E-state index contributed by atoms with van der Waals surface area (Å²) in [6.07, 6.45) is 0. The molecule has 0 radical (unpaired) electrons. The summed E-state index contributed by atoms with van der Waals surface area (Å²) in [6.45, 7) is 5.08. The van der Waals surface area contributed by atoms with Crippen LogP contribution >= 0.6 is 0 Å². The Morgan fingerprint density at radius 3 is 2.80 bits per heavy atom. The lowest BCUT2D eigenvalue weighted by Crippen LogP contribution is -2.50. The van der Waals surface area contributed by atoms with Gasteiger partial charge in [0.2, 0.25) is 0 Å². The average Bonchev–Trinajstić information content (AvgIpc) is 2.37. The Hall–Kier alpha value is -1.82. The number of halogens is 1. The Balaban J connectivity index is 2.29. The van der Waals surface area contributed by atoms with Gasteiger partial charge in [-0.05, 0) is 19.9 Å². The average molecular weight is 282 g/mol. The zero-order valence-electron chi connectivity index (χ0n) is 11.9. The van der Waals surface area contributed by atoms with E-state index in [-0.39, 0.29) is 17.2 Å².